The van der Waals surface area contributed by atoms with E-state index in [1.165, 1.54) is 12.1 Å². The second kappa shape index (κ2) is 6.06. The zero-order chi connectivity index (χ0) is 14.7. The predicted molar refractivity (Wildman–Crippen MR) is 77.9 cm³/mol. The van der Waals surface area contributed by atoms with Crippen LogP contribution in [-0.4, -0.2) is 30.4 Å². The molecule has 3 nitrogen and oxygen atoms in total. The van der Waals surface area contributed by atoms with E-state index in [1.54, 1.807) is 12.1 Å². The van der Waals surface area contributed by atoms with Crippen molar-refractivity contribution in [3.8, 4) is 5.75 Å². The third kappa shape index (κ3) is 3.28. The van der Waals surface area contributed by atoms with E-state index in [4.69, 9.17) is 4.74 Å². The van der Waals surface area contributed by atoms with Crippen molar-refractivity contribution in [3.05, 3.63) is 65.5 Å². The van der Waals surface area contributed by atoms with Gasteiger partial charge < -0.3 is 4.74 Å². The average molecular weight is 285 g/mol. The van der Waals surface area contributed by atoms with Gasteiger partial charge in [-0.15, -0.1) is 0 Å². The van der Waals surface area contributed by atoms with E-state index >= 15 is 0 Å². The van der Waals surface area contributed by atoms with E-state index in [0.29, 0.717) is 25.3 Å². The molecule has 1 aliphatic rings. The molecule has 0 aromatic heterocycles. The normalized spacial score (nSPS) is 14.9. The lowest BCUT2D eigenvalue weighted by Gasteiger charge is -2.18. The molecule has 0 N–H and O–H groups in total. The lowest BCUT2D eigenvalue weighted by atomic mass is 10.1. The first-order valence-corrected chi connectivity index (χ1v) is 6.94. The molecule has 0 saturated heterocycles. The smallest absolute Gasteiger partial charge is 0.176 e. The summed E-state index contributed by atoms with van der Waals surface area (Å²) in [6, 6.07) is 13.7. The third-order valence-corrected chi connectivity index (χ3v) is 3.55. The molecule has 21 heavy (non-hydrogen) atoms. The van der Waals surface area contributed by atoms with Gasteiger partial charge in [0.1, 0.15) is 18.2 Å². The van der Waals surface area contributed by atoms with E-state index in [9.17, 15) is 9.18 Å². The summed E-state index contributed by atoms with van der Waals surface area (Å²) >= 11 is 0. The van der Waals surface area contributed by atoms with Crippen molar-refractivity contribution < 1.29 is 13.9 Å². The zero-order valence-corrected chi connectivity index (χ0v) is 11.6. The van der Waals surface area contributed by atoms with Gasteiger partial charge in [-0.05, 0) is 18.2 Å². The molecule has 4 heteroatoms. The molecule has 0 amide bonds. The number of carbonyl (C=O) groups is 1. The first kappa shape index (κ1) is 13.8. The Balaban J connectivity index is 1.72. The molecule has 0 saturated carbocycles. The molecule has 0 bridgehead atoms. The van der Waals surface area contributed by atoms with Crippen LogP contribution in [0.5, 0.6) is 5.75 Å². The summed E-state index contributed by atoms with van der Waals surface area (Å²) in [6.45, 7) is 2.15. The Morgan fingerprint density at radius 2 is 2.05 bits per heavy atom. The van der Waals surface area contributed by atoms with E-state index in [0.717, 1.165) is 11.3 Å². The van der Waals surface area contributed by atoms with Gasteiger partial charge in [0.2, 0.25) is 0 Å². The number of para-hydroxylation sites is 1. The Morgan fingerprint density at radius 3 is 2.90 bits per heavy atom. The summed E-state index contributed by atoms with van der Waals surface area (Å²) in [5.41, 5.74) is 1.48. The van der Waals surface area contributed by atoms with Crippen LogP contribution < -0.4 is 4.74 Å². The third-order valence-electron chi connectivity index (χ3n) is 3.55. The van der Waals surface area contributed by atoms with Crippen molar-refractivity contribution >= 4 is 5.78 Å². The van der Waals surface area contributed by atoms with Crippen LogP contribution in [0.1, 0.15) is 15.9 Å². The van der Waals surface area contributed by atoms with Gasteiger partial charge in [0.15, 0.2) is 5.78 Å². The average Bonchev–Trinajstić information content (AvgIpc) is 2.68. The predicted octanol–water partition coefficient (Wildman–Crippen LogP) is 2.90. The van der Waals surface area contributed by atoms with Crippen LogP contribution in [0, 0.1) is 5.82 Å². The molecule has 1 aliphatic heterocycles. The fourth-order valence-electron chi connectivity index (χ4n) is 2.47. The van der Waals surface area contributed by atoms with Gasteiger partial charge >= 0.3 is 0 Å². The van der Waals surface area contributed by atoms with E-state index in [2.05, 4.69) is 0 Å². The number of hydrogen-bond acceptors (Lipinski definition) is 3. The number of halogens is 1. The molecule has 0 fully saturated rings. The minimum atomic E-state index is -0.384. The van der Waals surface area contributed by atoms with Crippen LogP contribution in [0.3, 0.4) is 0 Å². The van der Waals surface area contributed by atoms with Gasteiger partial charge in [-0.3, -0.25) is 9.69 Å². The molecule has 0 aliphatic carbocycles. The summed E-state index contributed by atoms with van der Waals surface area (Å²) in [7, 11) is 0. The highest BCUT2D eigenvalue weighted by Crippen LogP contribution is 2.22. The minimum Gasteiger partial charge on any atom is -0.492 e. The molecule has 0 spiro atoms. The van der Waals surface area contributed by atoms with Crippen molar-refractivity contribution in [1.29, 1.82) is 0 Å². The van der Waals surface area contributed by atoms with Crippen molar-refractivity contribution in [2.24, 2.45) is 0 Å². The summed E-state index contributed by atoms with van der Waals surface area (Å²) in [5, 5.41) is 0. The lowest BCUT2D eigenvalue weighted by molar-refractivity contribution is 0.0920. The number of fused-ring (bicyclic) bond motifs is 1. The standard InChI is InChI=1S/C17H16FNO2/c18-15-6-3-5-13(10-15)16(20)12-19-8-9-21-17-7-2-1-4-14(17)11-19/h1-7,10H,8-9,11-12H2. The summed E-state index contributed by atoms with van der Waals surface area (Å²) in [6.07, 6.45) is 0. The number of nitrogens with zero attached hydrogens (tertiary/aromatic N) is 1. The summed E-state index contributed by atoms with van der Waals surface area (Å²) in [4.78, 5) is 14.3. The monoisotopic (exact) mass is 285 g/mol. The molecular weight excluding hydrogens is 269 g/mol. The fourth-order valence-corrected chi connectivity index (χ4v) is 2.47. The van der Waals surface area contributed by atoms with Crippen molar-refractivity contribution in [1.82, 2.24) is 4.90 Å². The number of benzene rings is 2. The largest absolute Gasteiger partial charge is 0.492 e. The first-order chi connectivity index (χ1) is 10.2. The van der Waals surface area contributed by atoms with Crippen molar-refractivity contribution in [2.75, 3.05) is 19.7 Å². The highest BCUT2D eigenvalue weighted by Gasteiger charge is 2.18. The first-order valence-electron chi connectivity index (χ1n) is 6.94. The van der Waals surface area contributed by atoms with Crippen molar-refractivity contribution in [2.45, 2.75) is 6.54 Å². The SMILES string of the molecule is O=C(CN1CCOc2ccccc2C1)c1cccc(F)c1. The Morgan fingerprint density at radius 1 is 1.19 bits per heavy atom. The van der Waals surface area contributed by atoms with Gasteiger partial charge in [0.25, 0.3) is 0 Å². The van der Waals surface area contributed by atoms with Crippen molar-refractivity contribution in [3.63, 3.8) is 0 Å². The van der Waals surface area contributed by atoms with Gasteiger partial charge in [-0.2, -0.15) is 0 Å². The maximum Gasteiger partial charge on any atom is 0.176 e. The summed E-state index contributed by atoms with van der Waals surface area (Å²) < 4.78 is 18.9. The quantitative estimate of drug-likeness (QED) is 0.812. The van der Waals surface area contributed by atoms with Crippen LogP contribution in [0.4, 0.5) is 4.39 Å². The highest BCUT2D eigenvalue weighted by atomic mass is 19.1. The number of Topliss-reactive ketones (excluding diaryl/α,β-unsaturated/α-hetero) is 1. The maximum atomic E-state index is 13.2. The van der Waals surface area contributed by atoms with Crippen LogP contribution in [0.15, 0.2) is 48.5 Å². The van der Waals surface area contributed by atoms with Crippen LogP contribution in [0.2, 0.25) is 0 Å². The fraction of sp³-hybridized carbons (Fsp3) is 0.235. The molecule has 3 rings (SSSR count). The molecule has 1 heterocycles. The Hall–Kier alpha value is -2.20. The number of ketones is 1. The van der Waals surface area contributed by atoms with Gasteiger partial charge in [0, 0.05) is 24.2 Å². The minimum absolute atomic E-state index is 0.0751. The molecule has 0 radical (unpaired) electrons. The van der Waals surface area contributed by atoms with Gasteiger partial charge in [-0.1, -0.05) is 30.3 Å². The second-order valence-corrected chi connectivity index (χ2v) is 5.10. The Bertz CT molecular complexity index is 657. The van der Waals surface area contributed by atoms with E-state index in [-0.39, 0.29) is 18.1 Å². The Kier molecular flexibility index (Phi) is 3.97. The second-order valence-electron chi connectivity index (χ2n) is 5.10. The Labute approximate surface area is 123 Å². The molecular formula is C17H16FNO2. The molecule has 2 aromatic rings. The van der Waals surface area contributed by atoms with Crippen LogP contribution in [-0.2, 0) is 6.54 Å². The lowest BCUT2D eigenvalue weighted by Crippen LogP contribution is -2.31. The number of rotatable bonds is 3. The topological polar surface area (TPSA) is 29.5 Å². The maximum absolute atomic E-state index is 13.2. The van der Waals surface area contributed by atoms with Crippen LogP contribution in [0.25, 0.3) is 0 Å². The molecule has 108 valence electrons. The molecule has 2 aromatic carbocycles. The van der Waals surface area contributed by atoms with E-state index < -0.39 is 0 Å². The van der Waals surface area contributed by atoms with Gasteiger partial charge in [-0.25, -0.2) is 4.39 Å². The van der Waals surface area contributed by atoms with Crippen LogP contribution >= 0.6 is 0 Å². The molecule has 0 unspecified atom stereocenters. The molecule has 0 atom stereocenters. The number of hydrogen-bond donors (Lipinski definition) is 0. The van der Waals surface area contributed by atoms with Gasteiger partial charge in [0.05, 0.1) is 6.54 Å². The highest BCUT2D eigenvalue weighted by molar-refractivity contribution is 5.97. The number of ether oxygens (including phenoxy) is 1. The zero-order valence-electron chi connectivity index (χ0n) is 11.6. The van der Waals surface area contributed by atoms with E-state index in [1.807, 2.05) is 29.2 Å². The summed E-state index contributed by atoms with van der Waals surface area (Å²) in [5.74, 6) is 0.414. The number of carbonyl (C=O) groups excluding carboxylic acids is 1.